The van der Waals surface area contributed by atoms with E-state index in [1.54, 1.807) is 4.90 Å². The summed E-state index contributed by atoms with van der Waals surface area (Å²) < 4.78 is 2.11. The third kappa shape index (κ3) is 3.84. The van der Waals surface area contributed by atoms with Crippen LogP contribution in [-0.4, -0.2) is 39.6 Å². The van der Waals surface area contributed by atoms with Crippen molar-refractivity contribution in [2.75, 3.05) is 18.4 Å². The number of carbonyl (C=O) groups is 2. The van der Waals surface area contributed by atoms with Crippen molar-refractivity contribution < 1.29 is 9.59 Å². The first-order valence-corrected chi connectivity index (χ1v) is 9.79. The van der Waals surface area contributed by atoms with Crippen LogP contribution in [0, 0.1) is 19.8 Å². The molecule has 1 aromatic heterocycles. The third-order valence-electron chi connectivity index (χ3n) is 5.77. The van der Waals surface area contributed by atoms with Gasteiger partial charge in [-0.3, -0.25) is 14.3 Å². The molecule has 2 amide bonds. The Labute approximate surface area is 155 Å². The van der Waals surface area contributed by atoms with Gasteiger partial charge in [0.2, 0.25) is 11.8 Å². The Morgan fingerprint density at radius 2 is 1.88 bits per heavy atom. The number of nitrogens with zero attached hydrogens (tertiary/aromatic N) is 3. The predicted octanol–water partition coefficient (Wildman–Crippen LogP) is 3.37. The van der Waals surface area contributed by atoms with Gasteiger partial charge in [-0.15, -0.1) is 0 Å². The number of hydrogen-bond donors (Lipinski definition) is 1. The molecule has 1 saturated heterocycles. The standard InChI is InChI=1S/C20H30N4O2/c1-4-18(25)23-12-8-9-16(13-23)20(26)21-19-14(2)22-24(15(19)3)17-10-6-5-7-11-17/h4,16-17H,1,5-13H2,2-3H3,(H,21,26). The van der Waals surface area contributed by atoms with E-state index in [0.29, 0.717) is 19.1 Å². The van der Waals surface area contributed by atoms with Crippen molar-refractivity contribution >= 4 is 17.5 Å². The molecule has 0 bridgehead atoms. The van der Waals surface area contributed by atoms with Gasteiger partial charge in [-0.05, 0) is 45.6 Å². The van der Waals surface area contributed by atoms with Gasteiger partial charge in [0, 0.05) is 13.1 Å². The highest BCUT2D eigenvalue weighted by molar-refractivity contribution is 5.94. The molecule has 3 rings (SSSR count). The molecular weight excluding hydrogens is 328 g/mol. The molecule has 1 atom stereocenters. The number of aryl methyl sites for hydroxylation is 1. The highest BCUT2D eigenvalue weighted by Crippen LogP contribution is 2.32. The Hall–Kier alpha value is -2.11. The average Bonchev–Trinajstić information content (AvgIpc) is 2.96. The molecule has 142 valence electrons. The molecule has 6 nitrogen and oxygen atoms in total. The topological polar surface area (TPSA) is 67.2 Å². The fourth-order valence-corrected chi connectivity index (χ4v) is 4.27. The molecule has 1 saturated carbocycles. The summed E-state index contributed by atoms with van der Waals surface area (Å²) in [4.78, 5) is 26.4. The van der Waals surface area contributed by atoms with E-state index in [-0.39, 0.29) is 17.7 Å². The van der Waals surface area contributed by atoms with Crippen LogP contribution in [0.3, 0.4) is 0 Å². The van der Waals surface area contributed by atoms with Gasteiger partial charge in [0.05, 0.1) is 29.0 Å². The number of aromatic nitrogens is 2. The predicted molar refractivity (Wildman–Crippen MR) is 102 cm³/mol. The van der Waals surface area contributed by atoms with E-state index in [9.17, 15) is 9.59 Å². The van der Waals surface area contributed by atoms with Crippen molar-refractivity contribution in [3.05, 3.63) is 24.0 Å². The maximum Gasteiger partial charge on any atom is 0.245 e. The van der Waals surface area contributed by atoms with Gasteiger partial charge in [-0.2, -0.15) is 5.10 Å². The highest BCUT2D eigenvalue weighted by atomic mass is 16.2. The Bertz CT molecular complexity index is 688. The number of piperidine rings is 1. The summed E-state index contributed by atoms with van der Waals surface area (Å²) in [5.74, 6) is -0.287. The summed E-state index contributed by atoms with van der Waals surface area (Å²) in [5.41, 5.74) is 2.75. The van der Waals surface area contributed by atoms with E-state index in [1.807, 2.05) is 13.8 Å². The Balaban J connectivity index is 1.70. The average molecular weight is 358 g/mol. The van der Waals surface area contributed by atoms with Crippen molar-refractivity contribution in [3.8, 4) is 0 Å². The van der Waals surface area contributed by atoms with Gasteiger partial charge in [0.1, 0.15) is 0 Å². The SMILES string of the molecule is C=CC(=O)N1CCCC(C(=O)Nc2c(C)nn(C3CCCCC3)c2C)C1. The number of rotatable bonds is 4. The molecule has 1 aliphatic heterocycles. The molecule has 26 heavy (non-hydrogen) atoms. The second kappa shape index (κ2) is 8.06. The number of carbonyl (C=O) groups excluding carboxylic acids is 2. The van der Waals surface area contributed by atoms with Crippen LogP contribution in [0.1, 0.15) is 62.4 Å². The fraction of sp³-hybridized carbons (Fsp3) is 0.650. The first-order valence-electron chi connectivity index (χ1n) is 9.79. The van der Waals surface area contributed by atoms with E-state index < -0.39 is 0 Å². The lowest BCUT2D eigenvalue weighted by Gasteiger charge is -2.31. The number of likely N-dealkylation sites (tertiary alicyclic amines) is 1. The molecule has 1 unspecified atom stereocenters. The second-order valence-corrected chi connectivity index (χ2v) is 7.60. The molecule has 2 aliphatic rings. The van der Waals surface area contributed by atoms with Gasteiger partial charge in [0.15, 0.2) is 0 Å². The molecule has 1 aromatic rings. The van der Waals surface area contributed by atoms with Gasteiger partial charge in [0.25, 0.3) is 0 Å². The van der Waals surface area contributed by atoms with Crippen molar-refractivity contribution in [3.63, 3.8) is 0 Å². The molecule has 6 heteroatoms. The highest BCUT2D eigenvalue weighted by Gasteiger charge is 2.29. The van der Waals surface area contributed by atoms with Crippen molar-refractivity contribution in [2.24, 2.45) is 5.92 Å². The minimum absolute atomic E-state index is 0.0130. The molecule has 0 spiro atoms. The number of hydrogen-bond acceptors (Lipinski definition) is 3. The Morgan fingerprint density at radius 3 is 2.58 bits per heavy atom. The molecule has 2 fully saturated rings. The van der Waals surface area contributed by atoms with E-state index in [4.69, 9.17) is 5.10 Å². The third-order valence-corrected chi connectivity index (χ3v) is 5.77. The van der Waals surface area contributed by atoms with Crippen LogP contribution in [0.15, 0.2) is 12.7 Å². The second-order valence-electron chi connectivity index (χ2n) is 7.60. The summed E-state index contributed by atoms with van der Waals surface area (Å²) in [6.45, 7) is 8.70. The first kappa shape index (κ1) is 18.7. The maximum absolute atomic E-state index is 12.8. The first-order chi connectivity index (χ1) is 12.5. The van der Waals surface area contributed by atoms with E-state index in [0.717, 1.165) is 42.8 Å². The van der Waals surface area contributed by atoms with Crippen LogP contribution in [0.2, 0.25) is 0 Å². The van der Waals surface area contributed by atoms with Crippen LogP contribution < -0.4 is 5.32 Å². The Morgan fingerprint density at radius 1 is 1.15 bits per heavy atom. The minimum Gasteiger partial charge on any atom is -0.338 e. The maximum atomic E-state index is 12.8. The molecule has 2 heterocycles. The van der Waals surface area contributed by atoms with E-state index >= 15 is 0 Å². The van der Waals surface area contributed by atoms with Crippen LogP contribution in [0.4, 0.5) is 5.69 Å². The van der Waals surface area contributed by atoms with Crippen molar-refractivity contribution in [1.29, 1.82) is 0 Å². The van der Waals surface area contributed by atoms with Crippen LogP contribution in [0.25, 0.3) is 0 Å². The molecule has 1 aliphatic carbocycles. The normalized spacial score (nSPS) is 21.5. The molecule has 1 N–H and O–H groups in total. The van der Waals surface area contributed by atoms with Crippen LogP contribution in [-0.2, 0) is 9.59 Å². The van der Waals surface area contributed by atoms with Gasteiger partial charge < -0.3 is 10.2 Å². The summed E-state index contributed by atoms with van der Waals surface area (Å²) in [6, 6.07) is 0.448. The fourth-order valence-electron chi connectivity index (χ4n) is 4.27. The smallest absolute Gasteiger partial charge is 0.245 e. The van der Waals surface area contributed by atoms with E-state index in [2.05, 4.69) is 16.6 Å². The van der Waals surface area contributed by atoms with E-state index in [1.165, 1.54) is 25.3 Å². The molecule has 0 radical (unpaired) electrons. The summed E-state index contributed by atoms with van der Waals surface area (Å²) >= 11 is 0. The lowest BCUT2D eigenvalue weighted by molar-refractivity contribution is -0.130. The van der Waals surface area contributed by atoms with Gasteiger partial charge in [-0.25, -0.2) is 0 Å². The number of nitrogens with one attached hydrogen (secondary N) is 1. The quantitative estimate of drug-likeness (QED) is 0.839. The lowest BCUT2D eigenvalue weighted by atomic mass is 9.95. The van der Waals surface area contributed by atoms with Crippen molar-refractivity contribution in [1.82, 2.24) is 14.7 Å². The largest absolute Gasteiger partial charge is 0.338 e. The molecule has 0 aromatic carbocycles. The zero-order valence-corrected chi connectivity index (χ0v) is 16.0. The number of amides is 2. The van der Waals surface area contributed by atoms with Gasteiger partial charge in [-0.1, -0.05) is 25.8 Å². The van der Waals surface area contributed by atoms with Crippen LogP contribution in [0.5, 0.6) is 0 Å². The minimum atomic E-state index is -0.176. The Kier molecular flexibility index (Phi) is 5.79. The zero-order chi connectivity index (χ0) is 18.7. The zero-order valence-electron chi connectivity index (χ0n) is 16.0. The molecular formula is C20H30N4O2. The number of anilines is 1. The van der Waals surface area contributed by atoms with Crippen molar-refractivity contribution in [2.45, 2.75) is 64.8 Å². The monoisotopic (exact) mass is 358 g/mol. The summed E-state index contributed by atoms with van der Waals surface area (Å²) in [6.07, 6.45) is 9.11. The summed E-state index contributed by atoms with van der Waals surface area (Å²) in [5, 5.41) is 7.81. The van der Waals surface area contributed by atoms with Crippen LogP contribution >= 0.6 is 0 Å². The lowest BCUT2D eigenvalue weighted by Crippen LogP contribution is -2.43. The van der Waals surface area contributed by atoms with Gasteiger partial charge >= 0.3 is 0 Å². The summed E-state index contributed by atoms with van der Waals surface area (Å²) in [7, 11) is 0.